The van der Waals surface area contributed by atoms with Crippen LogP contribution in [0.15, 0.2) is 23.6 Å². The average Bonchev–Trinajstić information content (AvgIpc) is 3.32. The lowest BCUT2D eigenvalue weighted by atomic mass is 9.80. The first-order valence-electron chi connectivity index (χ1n) is 10.8. The van der Waals surface area contributed by atoms with E-state index in [2.05, 4.69) is 10.3 Å². The van der Waals surface area contributed by atoms with Crippen LogP contribution < -0.4 is 5.32 Å². The highest BCUT2D eigenvalue weighted by Gasteiger charge is 2.66. The molecule has 1 aromatic rings. The summed E-state index contributed by atoms with van der Waals surface area (Å²) in [6.45, 7) is 5.20. The Morgan fingerprint density at radius 1 is 1.33 bits per heavy atom. The van der Waals surface area contributed by atoms with Gasteiger partial charge in [-0.05, 0) is 45.8 Å². The fraction of sp³-hybridized carbons (Fsp3) is 0.565. The van der Waals surface area contributed by atoms with Crippen LogP contribution in [0, 0.1) is 0 Å². The van der Waals surface area contributed by atoms with Crippen LogP contribution in [-0.2, 0) is 23.9 Å². The van der Waals surface area contributed by atoms with Gasteiger partial charge in [0.1, 0.15) is 17.2 Å². The number of allylic oxidation sites excluding steroid dienone is 2. The second-order valence-corrected chi connectivity index (χ2v) is 12.0. The van der Waals surface area contributed by atoms with Crippen LogP contribution in [0.1, 0.15) is 56.8 Å². The van der Waals surface area contributed by atoms with E-state index in [0.29, 0.717) is 12.8 Å². The van der Waals surface area contributed by atoms with Gasteiger partial charge in [-0.25, -0.2) is 9.78 Å². The minimum absolute atomic E-state index is 0.0942. The number of aromatic nitrogens is 1. The molecule has 0 aliphatic carbocycles. The summed E-state index contributed by atoms with van der Waals surface area (Å²) >= 11 is 2.77. The van der Waals surface area contributed by atoms with Gasteiger partial charge < -0.3 is 19.9 Å². The monoisotopic (exact) mass is 492 g/mol. The van der Waals surface area contributed by atoms with Gasteiger partial charge in [-0.2, -0.15) is 0 Å². The number of aliphatic hydroxyl groups is 1. The number of fused-ring (bicyclic) bond motifs is 6. The van der Waals surface area contributed by atoms with E-state index in [-0.39, 0.29) is 30.3 Å². The van der Waals surface area contributed by atoms with E-state index in [1.807, 2.05) is 19.2 Å². The minimum atomic E-state index is -1.92. The molecule has 3 aliphatic heterocycles. The summed E-state index contributed by atoms with van der Waals surface area (Å²) in [6.07, 6.45) is 6.62. The average molecular weight is 493 g/mol. The molecule has 0 saturated carbocycles. The Kier molecular flexibility index (Phi) is 6.32. The van der Waals surface area contributed by atoms with E-state index in [1.54, 1.807) is 18.2 Å². The lowest BCUT2D eigenvalue weighted by Crippen LogP contribution is -2.57. The molecular weight excluding hydrogens is 464 g/mol. The Labute approximate surface area is 200 Å². The molecule has 10 heteroatoms. The number of ether oxygens (including phenoxy) is 2. The number of hydrogen-bond donors (Lipinski definition) is 2. The van der Waals surface area contributed by atoms with Crippen molar-refractivity contribution in [2.75, 3.05) is 7.11 Å². The number of carbonyl (C=O) groups is 3. The summed E-state index contributed by atoms with van der Waals surface area (Å²) < 4.78 is 8.96. The molecule has 6 atom stereocenters. The fourth-order valence-corrected chi connectivity index (χ4v) is 7.48. The number of hydrogen-bond acceptors (Lipinski definition) is 9. The Balaban J connectivity index is 1.70. The molecule has 0 aromatic carbocycles. The van der Waals surface area contributed by atoms with Gasteiger partial charge in [-0.15, -0.1) is 23.1 Å². The maximum absolute atomic E-state index is 13.1. The van der Waals surface area contributed by atoms with Crippen molar-refractivity contribution in [3.8, 4) is 0 Å². The maximum Gasteiger partial charge on any atom is 0.339 e. The summed E-state index contributed by atoms with van der Waals surface area (Å²) in [5.74, 6) is -1.24. The molecule has 178 valence electrons. The lowest BCUT2D eigenvalue weighted by molar-refractivity contribution is -0.164. The highest BCUT2D eigenvalue weighted by molar-refractivity contribution is 8.02. The zero-order valence-corrected chi connectivity index (χ0v) is 20.6. The third-order valence-corrected chi connectivity index (χ3v) is 9.76. The van der Waals surface area contributed by atoms with Crippen LogP contribution in [-0.4, -0.2) is 62.2 Å². The number of thioether (sulfide) groups is 1. The zero-order valence-electron chi connectivity index (χ0n) is 19.0. The predicted octanol–water partition coefficient (Wildman–Crippen LogP) is 2.58. The molecule has 8 nitrogen and oxygen atoms in total. The van der Waals surface area contributed by atoms with Gasteiger partial charge >= 0.3 is 5.97 Å². The Bertz CT molecular complexity index is 1030. The molecule has 4 heterocycles. The molecule has 3 aliphatic rings. The van der Waals surface area contributed by atoms with Gasteiger partial charge in [0.2, 0.25) is 5.91 Å². The summed E-state index contributed by atoms with van der Waals surface area (Å²) in [5.41, 5.74) is -1.19. The highest BCUT2D eigenvalue weighted by Crippen LogP contribution is 2.61. The van der Waals surface area contributed by atoms with Crippen LogP contribution in [0.2, 0.25) is 0 Å². The number of nitrogens with zero attached hydrogens (tertiary/aromatic N) is 1. The van der Waals surface area contributed by atoms with E-state index in [1.165, 1.54) is 43.2 Å². The second kappa shape index (κ2) is 8.65. The van der Waals surface area contributed by atoms with Crippen LogP contribution in [0.4, 0.5) is 0 Å². The molecular formula is C23H28N2O6S2. The first-order chi connectivity index (χ1) is 15.5. The van der Waals surface area contributed by atoms with Crippen molar-refractivity contribution in [3.05, 3.63) is 34.3 Å². The van der Waals surface area contributed by atoms with Crippen LogP contribution in [0.5, 0.6) is 0 Å². The molecule has 33 heavy (non-hydrogen) atoms. The molecule has 0 radical (unpaired) electrons. The van der Waals surface area contributed by atoms with Crippen molar-refractivity contribution in [1.29, 1.82) is 0 Å². The molecule has 0 unspecified atom stereocenters. The Morgan fingerprint density at radius 2 is 2.06 bits per heavy atom. The van der Waals surface area contributed by atoms with E-state index < -0.39 is 27.2 Å². The minimum Gasteiger partial charge on any atom is -0.467 e. The van der Waals surface area contributed by atoms with Gasteiger partial charge in [-0.3, -0.25) is 9.59 Å². The topological polar surface area (TPSA) is 118 Å². The smallest absolute Gasteiger partial charge is 0.339 e. The highest BCUT2D eigenvalue weighted by atomic mass is 32.2. The fourth-order valence-electron chi connectivity index (χ4n) is 4.61. The number of epoxide rings is 1. The molecule has 1 amide bonds. The van der Waals surface area contributed by atoms with Crippen molar-refractivity contribution >= 4 is 46.8 Å². The first kappa shape index (κ1) is 24.1. The molecule has 2 fully saturated rings. The van der Waals surface area contributed by atoms with E-state index >= 15 is 0 Å². The van der Waals surface area contributed by atoms with Gasteiger partial charge in [-0.1, -0.05) is 12.2 Å². The van der Waals surface area contributed by atoms with E-state index in [4.69, 9.17) is 9.47 Å². The van der Waals surface area contributed by atoms with Gasteiger partial charge in [0, 0.05) is 16.5 Å². The quantitative estimate of drug-likeness (QED) is 0.478. The number of ketones is 1. The molecule has 0 spiro atoms. The predicted molar refractivity (Wildman–Crippen MR) is 126 cm³/mol. The van der Waals surface area contributed by atoms with Crippen LogP contribution >= 0.6 is 23.1 Å². The second-order valence-electron chi connectivity index (χ2n) is 9.15. The normalized spacial score (nSPS) is 37.8. The third-order valence-electron chi connectivity index (χ3n) is 6.67. The Hall–Kier alpha value is -2.01. The van der Waals surface area contributed by atoms with Gasteiger partial charge in [0.25, 0.3) is 0 Å². The summed E-state index contributed by atoms with van der Waals surface area (Å²) in [5, 5.41) is 16.9. The molecule has 1 aromatic heterocycles. The van der Waals surface area contributed by atoms with Crippen molar-refractivity contribution in [2.45, 2.75) is 73.4 Å². The van der Waals surface area contributed by atoms with Crippen molar-refractivity contribution in [3.63, 3.8) is 0 Å². The summed E-state index contributed by atoms with van der Waals surface area (Å²) in [6, 6.07) is -0.341. The number of esters is 1. The number of carbonyl (C=O) groups excluding carboxylic acids is 3. The van der Waals surface area contributed by atoms with Gasteiger partial charge in [0.05, 0.1) is 23.6 Å². The van der Waals surface area contributed by atoms with Crippen molar-refractivity contribution < 1.29 is 29.0 Å². The summed E-state index contributed by atoms with van der Waals surface area (Å²) in [4.78, 5) is 42.9. The van der Waals surface area contributed by atoms with Crippen molar-refractivity contribution in [1.82, 2.24) is 10.3 Å². The lowest BCUT2D eigenvalue weighted by Gasteiger charge is -2.41. The molecule has 2 N–H and O–H groups in total. The number of thiazole rings is 1. The zero-order chi connectivity index (χ0) is 24.0. The van der Waals surface area contributed by atoms with Crippen LogP contribution in [0.3, 0.4) is 0 Å². The van der Waals surface area contributed by atoms with E-state index in [9.17, 15) is 19.5 Å². The van der Waals surface area contributed by atoms with Crippen molar-refractivity contribution in [2.24, 2.45) is 0 Å². The number of methoxy groups -OCH3 is 1. The van der Waals surface area contributed by atoms with E-state index in [0.717, 1.165) is 10.7 Å². The Morgan fingerprint density at radius 3 is 2.79 bits per heavy atom. The SMILES string of the molecule is COC(=O)[C@](C)(O)[C@]12CC[C@](C)(S1)[C@@H]1O[C@H]1C(=O)/C=C\C=C/c1csc(n1)[C@@H](C)NC(=O)C2. The molecule has 4 rings (SSSR count). The standard InChI is InChI=1S/C23H28N2O6S2/c1-13-19-25-14(12-32-19)7-5-6-8-15(26)17-18(31-17)21(2)9-10-23(33-21,11-16(27)24-13)22(3,29)20(28)30-4/h5-8,12-13,17-18,29H,9-11H2,1-4H3,(H,24,27)/b7-5-,8-6-/t13-,17+,18-,21+,22+,23-/m1/s1. The third kappa shape index (κ3) is 4.41. The number of rotatable bonds is 2. The maximum atomic E-state index is 13.1. The molecule has 2 saturated heterocycles. The van der Waals surface area contributed by atoms with Gasteiger partial charge in [0.15, 0.2) is 11.4 Å². The first-order valence-corrected chi connectivity index (χ1v) is 12.5. The molecule has 4 bridgehead atoms. The number of nitrogens with one attached hydrogen (secondary N) is 1. The largest absolute Gasteiger partial charge is 0.467 e. The van der Waals surface area contributed by atoms with Crippen LogP contribution in [0.25, 0.3) is 6.08 Å². The number of amides is 1. The summed E-state index contributed by atoms with van der Waals surface area (Å²) in [7, 11) is 1.21.